The molecule has 0 fully saturated rings. The smallest absolute Gasteiger partial charge is 0.324 e. The maximum Gasteiger partial charge on any atom is 0.324 e. The summed E-state index contributed by atoms with van der Waals surface area (Å²) in [6, 6.07) is 19.1. The molecule has 2 aromatic carbocycles. The fourth-order valence-electron chi connectivity index (χ4n) is 1.78. The minimum absolute atomic E-state index is 0.275. The normalized spacial score (nSPS) is 11.9. The number of hydrogen-bond donors (Lipinski definition) is 1. The second kappa shape index (κ2) is 8.49. The number of rotatable bonds is 7. The zero-order chi connectivity index (χ0) is 14.9. The van der Waals surface area contributed by atoms with Crippen molar-refractivity contribution in [1.82, 2.24) is 0 Å². The highest BCUT2D eigenvalue weighted by Crippen LogP contribution is 2.13. The van der Waals surface area contributed by atoms with Gasteiger partial charge in [0.2, 0.25) is 0 Å². The highest BCUT2D eigenvalue weighted by Gasteiger charge is 2.15. The van der Waals surface area contributed by atoms with Crippen LogP contribution < -0.4 is 5.73 Å². The predicted octanol–water partition coefficient (Wildman–Crippen LogP) is 2.99. The maximum absolute atomic E-state index is 11.8. The number of thioether (sulfide) groups is 1. The van der Waals surface area contributed by atoms with Gasteiger partial charge in [0.15, 0.2) is 0 Å². The Hall–Kier alpha value is -1.78. The van der Waals surface area contributed by atoms with Crippen LogP contribution in [0.5, 0.6) is 0 Å². The molecule has 0 amide bonds. The first-order valence-corrected chi connectivity index (χ1v) is 7.99. The summed E-state index contributed by atoms with van der Waals surface area (Å²) in [5, 5.41) is 0. The number of carbonyl (C=O) groups excluding carboxylic acids is 1. The van der Waals surface area contributed by atoms with E-state index in [-0.39, 0.29) is 12.6 Å². The number of hydrogen-bond acceptors (Lipinski definition) is 4. The lowest BCUT2D eigenvalue weighted by Gasteiger charge is -2.11. The Morgan fingerprint density at radius 2 is 1.57 bits per heavy atom. The van der Waals surface area contributed by atoms with Crippen molar-refractivity contribution in [1.29, 1.82) is 0 Å². The maximum atomic E-state index is 11.8. The van der Waals surface area contributed by atoms with Gasteiger partial charge in [-0.1, -0.05) is 60.7 Å². The molecule has 0 aromatic heterocycles. The van der Waals surface area contributed by atoms with Gasteiger partial charge in [0.25, 0.3) is 0 Å². The molecule has 2 aromatic rings. The molecule has 1 atom stereocenters. The molecule has 1 unspecified atom stereocenters. The van der Waals surface area contributed by atoms with Gasteiger partial charge in [-0.25, -0.2) is 0 Å². The summed E-state index contributed by atoms with van der Waals surface area (Å²) in [6.45, 7) is 0.275. The van der Waals surface area contributed by atoms with Gasteiger partial charge in [-0.15, -0.1) is 0 Å². The van der Waals surface area contributed by atoms with Gasteiger partial charge in [0, 0.05) is 11.5 Å². The third kappa shape index (κ3) is 5.61. The van der Waals surface area contributed by atoms with E-state index in [1.165, 1.54) is 5.56 Å². The van der Waals surface area contributed by atoms with Crippen molar-refractivity contribution in [3.05, 3.63) is 71.8 Å². The van der Waals surface area contributed by atoms with Crippen LogP contribution in [-0.2, 0) is 21.9 Å². The monoisotopic (exact) mass is 301 g/mol. The largest absolute Gasteiger partial charge is 0.460 e. The van der Waals surface area contributed by atoms with Crippen molar-refractivity contribution in [3.8, 4) is 0 Å². The Kier molecular flexibility index (Phi) is 6.31. The van der Waals surface area contributed by atoms with E-state index in [1.54, 1.807) is 11.8 Å². The van der Waals surface area contributed by atoms with Gasteiger partial charge >= 0.3 is 5.97 Å². The Bertz CT molecular complexity index is 545. The van der Waals surface area contributed by atoms with Crippen molar-refractivity contribution in [3.63, 3.8) is 0 Å². The molecule has 2 rings (SSSR count). The molecular formula is C17H19NO2S. The molecule has 4 heteroatoms. The van der Waals surface area contributed by atoms with Gasteiger partial charge in [0.1, 0.15) is 12.6 Å². The molecule has 2 N–H and O–H groups in total. The third-order valence-electron chi connectivity index (χ3n) is 2.94. The number of esters is 1. The van der Waals surface area contributed by atoms with Crippen LogP contribution in [-0.4, -0.2) is 17.8 Å². The zero-order valence-corrected chi connectivity index (χ0v) is 12.6. The molecule has 0 aliphatic heterocycles. The Morgan fingerprint density at radius 1 is 1.00 bits per heavy atom. The van der Waals surface area contributed by atoms with E-state index in [2.05, 4.69) is 12.1 Å². The van der Waals surface area contributed by atoms with Crippen LogP contribution in [0.4, 0.5) is 0 Å². The van der Waals surface area contributed by atoms with E-state index < -0.39 is 6.04 Å². The van der Waals surface area contributed by atoms with Crippen LogP contribution in [0.3, 0.4) is 0 Å². The van der Waals surface area contributed by atoms with Gasteiger partial charge in [-0.2, -0.15) is 11.8 Å². The molecule has 110 valence electrons. The molecule has 0 radical (unpaired) electrons. The minimum atomic E-state index is -0.581. The predicted molar refractivity (Wildman–Crippen MR) is 86.8 cm³/mol. The zero-order valence-electron chi connectivity index (χ0n) is 11.8. The molecule has 0 saturated carbocycles. The van der Waals surface area contributed by atoms with Crippen molar-refractivity contribution < 1.29 is 9.53 Å². The van der Waals surface area contributed by atoms with E-state index in [9.17, 15) is 4.79 Å². The van der Waals surface area contributed by atoms with E-state index in [1.807, 2.05) is 48.5 Å². The highest BCUT2D eigenvalue weighted by molar-refractivity contribution is 7.98. The minimum Gasteiger partial charge on any atom is -0.460 e. The summed E-state index contributed by atoms with van der Waals surface area (Å²) in [4.78, 5) is 11.8. The van der Waals surface area contributed by atoms with Crippen molar-refractivity contribution in [2.45, 2.75) is 18.4 Å². The van der Waals surface area contributed by atoms with Crippen LogP contribution in [0.1, 0.15) is 11.1 Å². The van der Waals surface area contributed by atoms with Gasteiger partial charge in [-0.05, 0) is 11.1 Å². The fraction of sp³-hybridized carbons (Fsp3) is 0.235. The Labute approximate surface area is 129 Å². The second-order valence-electron chi connectivity index (χ2n) is 4.70. The molecular weight excluding hydrogens is 282 g/mol. The number of nitrogens with two attached hydrogens (primary N) is 1. The first kappa shape index (κ1) is 15.6. The average molecular weight is 301 g/mol. The first-order chi connectivity index (χ1) is 10.3. The van der Waals surface area contributed by atoms with Crippen LogP contribution in [0.25, 0.3) is 0 Å². The van der Waals surface area contributed by atoms with Crippen LogP contribution >= 0.6 is 11.8 Å². The molecule has 21 heavy (non-hydrogen) atoms. The summed E-state index contributed by atoms with van der Waals surface area (Å²) >= 11 is 1.64. The fourth-order valence-corrected chi connectivity index (χ4v) is 2.72. The Morgan fingerprint density at radius 3 is 2.19 bits per heavy atom. The summed E-state index contributed by atoms with van der Waals surface area (Å²) in [5.41, 5.74) is 8.05. The lowest BCUT2D eigenvalue weighted by molar-refractivity contribution is -0.145. The lowest BCUT2D eigenvalue weighted by Crippen LogP contribution is -2.34. The number of ether oxygens (including phenoxy) is 1. The van der Waals surface area contributed by atoms with E-state index in [0.717, 1.165) is 11.3 Å². The summed E-state index contributed by atoms with van der Waals surface area (Å²) in [6.07, 6.45) is 0. The van der Waals surface area contributed by atoms with Crippen molar-refractivity contribution in [2.24, 2.45) is 5.73 Å². The van der Waals surface area contributed by atoms with Crippen molar-refractivity contribution in [2.75, 3.05) is 5.75 Å². The van der Waals surface area contributed by atoms with Crippen molar-refractivity contribution >= 4 is 17.7 Å². The number of carbonyl (C=O) groups is 1. The van der Waals surface area contributed by atoms with Gasteiger partial charge in [0.05, 0.1) is 0 Å². The van der Waals surface area contributed by atoms with Crippen LogP contribution in [0.2, 0.25) is 0 Å². The van der Waals surface area contributed by atoms with Gasteiger partial charge in [-0.3, -0.25) is 4.79 Å². The first-order valence-electron chi connectivity index (χ1n) is 6.83. The lowest BCUT2D eigenvalue weighted by atomic mass is 10.2. The number of benzene rings is 2. The average Bonchev–Trinajstić information content (AvgIpc) is 2.54. The van der Waals surface area contributed by atoms with Gasteiger partial charge < -0.3 is 10.5 Å². The third-order valence-corrected chi connectivity index (χ3v) is 4.07. The quantitative estimate of drug-likeness (QED) is 0.799. The van der Waals surface area contributed by atoms with Crippen LogP contribution in [0.15, 0.2) is 60.7 Å². The molecule has 0 aliphatic rings. The van der Waals surface area contributed by atoms with E-state index in [4.69, 9.17) is 10.5 Å². The Balaban J connectivity index is 1.68. The molecule has 0 spiro atoms. The van der Waals surface area contributed by atoms with Crippen LogP contribution in [0, 0.1) is 0 Å². The SMILES string of the molecule is NC(CSCc1ccccc1)C(=O)OCc1ccccc1. The second-order valence-corrected chi connectivity index (χ2v) is 5.73. The molecule has 0 aliphatic carbocycles. The molecule has 0 saturated heterocycles. The standard InChI is InChI=1S/C17H19NO2S/c18-16(13-21-12-15-9-5-2-6-10-15)17(19)20-11-14-7-3-1-4-8-14/h1-10,16H,11-13,18H2. The molecule has 0 bridgehead atoms. The topological polar surface area (TPSA) is 52.3 Å². The molecule has 0 heterocycles. The molecule has 3 nitrogen and oxygen atoms in total. The summed E-state index contributed by atoms with van der Waals surface area (Å²) in [7, 11) is 0. The van der Waals surface area contributed by atoms with E-state index >= 15 is 0 Å². The van der Waals surface area contributed by atoms with E-state index in [0.29, 0.717) is 5.75 Å². The summed E-state index contributed by atoms with van der Waals surface area (Å²) < 4.78 is 5.22. The highest BCUT2D eigenvalue weighted by atomic mass is 32.2. The summed E-state index contributed by atoms with van der Waals surface area (Å²) in [5.74, 6) is 1.06.